The monoisotopic (exact) mass is 346 g/mol. The molecule has 1 aromatic carbocycles. The number of nitrogens with zero attached hydrogens (tertiary/aromatic N) is 2. The van der Waals surface area contributed by atoms with Crippen LogP contribution in [0, 0.1) is 11.3 Å². The summed E-state index contributed by atoms with van der Waals surface area (Å²) in [7, 11) is -4.32. The van der Waals surface area contributed by atoms with Crippen LogP contribution in [-0.2, 0) is 16.0 Å². The van der Waals surface area contributed by atoms with Crippen molar-refractivity contribution in [1.29, 1.82) is 5.26 Å². The number of aromatic nitrogens is 1. The van der Waals surface area contributed by atoms with E-state index in [0.717, 1.165) is 12.1 Å². The predicted octanol–water partition coefficient (Wildman–Crippen LogP) is 3.46. The van der Waals surface area contributed by atoms with Crippen molar-refractivity contribution in [2.45, 2.75) is 16.0 Å². The van der Waals surface area contributed by atoms with Gasteiger partial charge in [0.2, 0.25) is 9.84 Å². The van der Waals surface area contributed by atoms with Crippen molar-refractivity contribution >= 4 is 21.4 Å². The Morgan fingerprint density at radius 2 is 1.77 bits per heavy atom. The van der Waals surface area contributed by atoms with Crippen LogP contribution in [0.2, 0.25) is 5.02 Å². The first-order chi connectivity index (χ1) is 10.2. The zero-order chi connectivity index (χ0) is 16.5. The third kappa shape index (κ3) is 3.05. The largest absolute Gasteiger partial charge is 0.417 e. The SMILES string of the molecule is N#Cc1ncc(C(F)(F)F)cc1S(=O)(=O)c1ccc(Cl)cc1. The highest BCUT2D eigenvalue weighted by molar-refractivity contribution is 7.91. The fraction of sp³-hybridized carbons (Fsp3) is 0.0769. The number of sulfone groups is 1. The lowest BCUT2D eigenvalue weighted by molar-refractivity contribution is -0.138. The number of hydrogen-bond donors (Lipinski definition) is 0. The number of hydrogen-bond acceptors (Lipinski definition) is 4. The Labute approximate surface area is 128 Å². The van der Waals surface area contributed by atoms with Crippen LogP contribution >= 0.6 is 11.6 Å². The van der Waals surface area contributed by atoms with Crippen LogP contribution in [0.1, 0.15) is 11.3 Å². The lowest BCUT2D eigenvalue weighted by Crippen LogP contribution is -2.11. The number of alkyl halides is 3. The quantitative estimate of drug-likeness (QED) is 0.835. The molecule has 0 aliphatic carbocycles. The lowest BCUT2D eigenvalue weighted by Gasteiger charge is -2.10. The van der Waals surface area contributed by atoms with E-state index < -0.39 is 32.2 Å². The number of nitriles is 1. The Hall–Kier alpha value is -2.11. The molecule has 22 heavy (non-hydrogen) atoms. The summed E-state index contributed by atoms with van der Waals surface area (Å²) in [6.45, 7) is 0. The van der Waals surface area contributed by atoms with Crippen molar-refractivity contribution in [2.24, 2.45) is 0 Å². The summed E-state index contributed by atoms with van der Waals surface area (Å²) < 4.78 is 62.9. The van der Waals surface area contributed by atoms with Gasteiger partial charge in [0.25, 0.3) is 0 Å². The molecular weight excluding hydrogens is 341 g/mol. The number of pyridine rings is 1. The first-order valence-corrected chi connectivity index (χ1v) is 7.50. The fourth-order valence-electron chi connectivity index (χ4n) is 1.63. The molecule has 0 amide bonds. The number of benzene rings is 1. The highest BCUT2D eigenvalue weighted by Crippen LogP contribution is 2.32. The molecule has 0 saturated carbocycles. The van der Waals surface area contributed by atoms with Gasteiger partial charge in [-0.15, -0.1) is 0 Å². The number of rotatable bonds is 2. The molecule has 0 atom stereocenters. The molecule has 1 aromatic heterocycles. The molecule has 114 valence electrons. The summed E-state index contributed by atoms with van der Waals surface area (Å²) in [5.74, 6) is 0. The molecule has 9 heteroatoms. The van der Waals surface area contributed by atoms with Crippen molar-refractivity contribution in [3.63, 3.8) is 0 Å². The lowest BCUT2D eigenvalue weighted by atomic mass is 10.2. The van der Waals surface area contributed by atoms with Gasteiger partial charge < -0.3 is 0 Å². The maximum absolute atomic E-state index is 12.7. The van der Waals surface area contributed by atoms with Crippen LogP contribution in [0.4, 0.5) is 13.2 Å². The normalized spacial score (nSPS) is 12.0. The second kappa shape index (κ2) is 5.59. The Balaban J connectivity index is 2.69. The topological polar surface area (TPSA) is 70.8 Å². The standard InChI is InChI=1S/C13H6ClF3N2O2S/c14-9-1-3-10(4-2-9)22(20,21)12-5-8(13(15,16)17)7-19-11(12)6-18/h1-5,7H. The van der Waals surface area contributed by atoms with Crippen LogP contribution in [-0.4, -0.2) is 13.4 Å². The van der Waals surface area contributed by atoms with Gasteiger partial charge in [-0.3, -0.25) is 0 Å². The van der Waals surface area contributed by atoms with Crippen molar-refractivity contribution in [1.82, 2.24) is 4.98 Å². The van der Waals surface area contributed by atoms with E-state index in [1.165, 1.54) is 18.2 Å². The molecule has 0 fully saturated rings. The van der Waals surface area contributed by atoms with Gasteiger partial charge in [0, 0.05) is 11.2 Å². The number of halogens is 4. The van der Waals surface area contributed by atoms with E-state index in [4.69, 9.17) is 16.9 Å². The van der Waals surface area contributed by atoms with Gasteiger partial charge in [0.05, 0.1) is 10.5 Å². The van der Waals surface area contributed by atoms with Gasteiger partial charge in [-0.25, -0.2) is 13.4 Å². The van der Waals surface area contributed by atoms with E-state index >= 15 is 0 Å². The third-order valence-corrected chi connectivity index (χ3v) is 4.73. The molecule has 2 aromatic rings. The predicted molar refractivity (Wildman–Crippen MR) is 70.9 cm³/mol. The molecule has 0 spiro atoms. The Morgan fingerprint density at radius 3 is 2.27 bits per heavy atom. The summed E-state index contributed by atoms with van der Waals surface area (Å²) >= 11 is 5.64. The van der Waals surface area contributed by atoms with Crippen molar-refractivity contribution in [2.75, 3.05) is 0 Å². The van der Waals surface area contributed by atoms with E-state index in [1.807, 2.05) is 0 Å². The van der Waals surface area contributed by atoms with E-state index in [9.17, 15) is 21.6 Å². The second-order valence-electron chi connectivity index (χ2n) is 4.14. The van der Waals surface area contributed by atoms with Gasteiger partial charge in [0.1, 0.15) is 11.0 Å². The molecule has 0 saturated heterocycles. The smallest absolute Gasteiger partial charge is 0.244 e. The van der Waals surface area contributed by atoms with Crippen LogP contribution < -0.4 is 0 Å². The maximum atomic E-state index is 12.7. The molecular formula is C13H6ClF3N2O2S. The van der Waals surface area contributed by atoms with Gasteiger partial charge in [-0.2, -0.15) is 18.4 Å². The highest BCUT2D eigenvalue weighted by atomic mass is 35.5. The summed E-state index contributed by atoms with van der Waals surface area (Å²) in [6, 6.07) is 6.71. The Kier molecular flexibility index (Phi) is 4.13. The van der Waals surface area contributed by atoms with Crippen LogP contribution in [0.5, 0.6) is 0 Å². The van der Waals surface area contributed by atoms with Crippen LogP contribution in [0.15, 0.2) is 46.3 Å². The van der Waals surface area contributed by atoms with E-state index in [1.54, 1.807) is 0 Å². The van der Waals surface area contributed by atoms with E-state index in [2.05, 4.69) is 4.98 Å². The van der Waals surface area contributed by atoms with E-state index in [0.29, 0.717) is 12.3 Å². The average Bonchev–Trinajstić information content (AvgIpc) is 2.46. The van der Waals surface area contributed by atoms with E-state index in [-0.39, 0.29) is 9.92 Å². The zero-order valence-corrected chi connectivity index (χ0v) is 12.2. The minimum Gasteiger partial charge on any atom is -0.244 e. The Bertz CT molecular complexity index is 856. The molecule has 0 aliphatic heterocycles. The molecule has 0 radical (unpaired) electrons. The Morgan fingerprint density at radius 1 is 1.18 bits per heavy atom. The van der Waals surface area contributed by atoms with Crippen molar-refractivity contribution in [3.05, 3.63) is 52.8 Å². The second-order valence-corrected chi connectivity index (χ2v) is 6.49. The zero-order valence-electron chi connectivity index (χ0n) is 10.6. The van der Waals surface area contributed by atoms with Crippen molar-refractivity contribution < 1.29 is 21.6 Å². The van der Waals surface area contributed by atoms with Gasteiger partial charge in [0.15, 0.2) is 5.69 Å². The molecule has 0 bridgehead atoms. The maximum Gasteiger partial charge on any atom is 0.417 e. The first-order valence-electron chi connectivity index (χ1n) is 5.64. The average molecular weight is 347 g/mol. The first kappa shape index (κ1) is 16.3. The minimum atomic E-state index is -4.77. The fourth-order valence-corrected chi connectivity index (χ4v) is 3.14. The summed E-state index contributed by atoms with van der Waals surface area (Å²) in [5, 5.41) is 9.15. The molecule has 0 N–H and O–H groups in total. The molecule has 1 heterocycles. The summed E-state index contributed by atoms with van der Waals surface area (Å²) in [5.41, 5.74) is -1.86. The van der Waals surface area contributed by atoms with Gasteiger partial charge in [-0.1, -0.05) is 11.6 Å². The van der Waals surface area contributed by atoms with Gasteiger partial charge in [-0.05, 0) is 30.3 Å². The molecule has 4 nitrogen and oxygen atoms in total. The third-order valence-electron chi connectivity index (χ3n) is 2.70. The summed E-state index contributed by atoms with van der Waals surface area (Å²) in [4.78, 5) is 2.20. The molecule has 0 aliphatic rings. The van der Waals surface area contributed by atoms with Gasteiger partial charge >= 0.3 is 6.18 Å². The van der Waals surface area contributed by atoms with Crippen molar-refractivity contribution in [3.8, 4) is 6.07 Å². The highest BCUT2D eigenvalue weighted by Gasteiger charge is 2.34. The van der Waals surface area contributed by atoms with Crippen LogP contribution in [0.3, 0.4) is 0 Å². The summed E-state index contributed by atoms with van der Waals surface area (Å²) in [6.07, 6.45) is -4.36. The van der Waals surface area contributed by atoms with Crippen LogP contribution in [0.25, 0.3) is 0 Å². The molecule has 2 rings (SSSR count). The minimum absolute atomic E-state index is 0.265. The molecule has 0 unspecified atom stereocenters.